The maximum absolute atomic E-state index is 12.5. The van der Waals surface area contributed by atoms with E-state index < -0.39 is 15.9 Å². The molecule has 2 aromatic carbocycles. The van der Waals surface area contributed by atoms with Gasteiger partial charge < -0.3 is 4.90 Å². The zero-order chi connectivity index (χ0) is 21.9. The van der Waals surface area contributed by atoms with Crippen molar-refractivity contribution in [3.8, 4) is 0 Å². The lowest BCUT2D eigenvalue weighted by Gasteiger charge is -2.38. The molecule has 3 rings (SSSR count). The second kappa shape index (κ2) is 8.97. The summed E-state index contributed by atoms with van der Waals surface area (Å²) in [4.78, 5) is 28.4. The van der Waals surface area contributed by atoms with Crippen LogP contribution >= 0.6 is 0 Å². The molecule has 8 heteroatoms. The van der Waals surface area contributed by atoms with E-state index in [-0.39, 0.29) is 16.2 Å². The lowest BCUT2D eigenvalue weighted by atomic mass is 10.1. The van der Waals surface area contributed by atoms with E-state index in [4.69, 9.17) is 0 Å². The van der Waals surface area contributed by atoms with Crippen LogP contribution in [0.25, 0.3) is 0 Å². The third kappa shape index (κ3) is 5.06. The first-order valence-corrected chi connectivity index (χ1v) is 11.4. The average molecular weight is 430 g/mol. The summed E-state index contributed by atoms with van der Waals surface area (Å²) in [7, 11) is -4.02. The van der Waals surface area contributed by atoms with Crippen LogP contribution in [-0.4, -0.2) is 57.2 Å². The minimum absolute atomic E-state index is 0.0690. The first kappa shape index (κ1) is 22.0. The van der Waals surface area contributed by atoms with Gasteiger partial charge in [-0.1, -0.05) is 12.1 Å². The van der Waals surface area contributed by atoms with Crippen LogP contribution in [0.4, 0.5) is 5.69 Å². The minimum Gasteiger partial charge on any atom is -0.369 e. The highest BCUT2D eigenvalue weighted by Crippen LogP contribution is 2.19. The number of hydrogen-bond acceptors (Lipinski definition) is 6. The molecule has 1 aliphatic heterocycles. The Hall–Kier alpha value is -2.71. The van der Waals surface area contributed by atoms with Crippen LogP contribution in [-0.2, 0) is 10.0 Å². The minimum atomic E-state index is -4.02. The molecule has 1 fully saturated rings. The number of hydrogen-bond donors (Lipinski definition) is 1. The number of amides is 1. The first-order chi connectivity index (χ1) is 14.2. The fourth-order valence-electron chi connectivity index (χ4n) is 3.43. The monoisotopic (exact) mass is 429 g/mol. The van der Waals surface area contributed by atoms with Gasteiger partial charge in [-0.15, -0.1) is 0 Å². The van der Waals surface area contributed by atoms with Crippen molar-refractivity contribution in [2.45, 2.75) is 31.7 Å². The fourth-order valence-corrected chi connectivity index (χ4v) is 4.40. The number of rotatable bonds is 6. The van der Waals surface area contributed by atoms with E-state index in [1.54, 1.807) is 12.1 Å². The van der Waals surface area contributed by atoms with Gasteiger partial charge in [0.15, 0.2) is 5.78 Å². The van der Waals surface area contributed by atoms with Crippen molar-refractivity contribution >= 4 is 27.4 Å². The van der Waals surface area contributed by atoms with Gasteiger partial charge in [-0.3, -0.25) is 14.5 Å². The molecule has 0 bridgehead atoms. The second-order valence-electron chi connectivity index (χ2n) is 7.68. The molecule has 0 atom stereocenters. The van der Waals surface area contributed by atoms with Crippen LogP contribution in [0.1, 0.15) is 41.5 Å². The highest BCUT2D eigenvalue weighted by molar-refractivity contribution is 7.90. The van der Waals surface area contributed by atoms with E-state index in [0.717, 1.165) is 31.9 Å². The lowest BCUT2D eigenvalue weighted by molar-refractivity contribution is 0.0979. The van der Waals surface area contributed by atoms with Gasteiger partial charge in [0, 0.05) is 49.0 Å². The molecule has 0 saturated carbocycles. The summed E-state index contributed by atoms with van der Waals surface area (Å²) in [6.07, 6.45) is 0. The Morgan fingerprint density at radius 1 is 0.867 bits per heavy atom. The number of sulfonamides is 1. The maximum atomic E-state index is 12.5. The average Bonchev–Trinajstić information content (AvgIpc) is 2.73. The van der Waals surface area contributed by atoms with Gasteiger partial charge >= 0.3 is 0 Å². The summed E-state index contributed by atoms with van der Waals surface area (Å²) < 4.78 is 27.0. The fraction of sp³-hybridized carbons (Fsp3) is 0.364. The standard InChI is InChI=1S/C22H27N3O4S/c1-16(2)24-12-14-25(15-13-24)20-8-4-19(5-9-20)22(27)23-30(28,29)21-10-6-18(7-11-21)17(3)26/h4-11,16H,12-15H2,1-3H3,(H,23,27). The van der Waals surface area contributed by atoms with Crippen molar-refractivity contribution in [1.29, 1.82) is 0 Å². The van der Waals surface area contributed by atoms with Crippen LogP contribution in [0.3, 0.4) is 0 Å². The lowest BCUT2D eigenvalue weighted by Crippen LogP contribution is -2.48. The molecule has 7 nitrogen and oxygen atoms in total. The van der Waals surface area contributed by atoms with E-state index in [9.17, 15) is 18.0 Å². The second-order valence-corrected chi connectivity index (χ2v) is 9.36. The molecule has 0 unspecified atom stereocenters. The van der Waals surface area contributed by atoms with Gasteiger partial charge in [-0.25, -0.2) is 13.1 Å². The summed E-state index contributed by atoms with van der Waals surface area (Å²) in [5.41, 5.74) is 1.69. The van der Waals surface area contributed by atoms with Crippen molar-refractivity contribution in [2.75, 3.05) is 31.1 Å². The van der Waals surface area contributed by atoms with E-state index in [0.29, 0.717) is 11.6 Å². The number of benzene rings is 2. The van der Waals surface area contributed by atoms with Crippen LogP contribution in [0.2, 0.25) is 0 Å². The summed E-state index contributed by atoms with van der Waals surface area (Å²) in [5, 5.41) is 0. The molecule has 1 N–H and O–H groups in total. The molecule has 0 aliphatic carbocycles. The molecular weight excluding hydrogens is 402 g/mol. The Morgan fingerprint density at radius 2 is 1.40 bits per heavy atom. The quantitative estimate of drug-likeness (QED) is 0.710. The van der Waals surface area contributed by atoms with Gasteiger partial charge in [0.05, 0.1) is 4.90 Å². The predicted octanol–water partition coefficient (Wildman–Crippen LogP) is 2.54. The molecular formula is C22H27N3O4S. The van der Waals surface area contributed by atoms with Crippen LogP contribution in [0, 0.1) is 0 Å². The van der Waals surface area contributed by atoms with E-state index in [2.05, 4.69) is 28.4 Å². The third-order valence-electron chi connectivity index (χ3n) is 5.34. The molecule has 0 radical (unpaired) electrons. The van der Waals surface area contributed by atoms with Crippen molar-refractivity contribution in [1.82, 2.24) is 9.62 Å². The summed E-state index contributed by atoms with van der Waals surface area (Å²) >= 11 is 0. The van der Waals surface area contributed by atoms with Crippen LogP contribution in [0.5, 0.6) is 0 Å². The molecule has 1 aliphatic rings. The Bertz CT molecular complexity index is 1010. The zero-order valence-electron chi connectivity index (χ0n) is 17.5. The van der Waals surface area contributed by atoms with E-state index in [1.807, 2.05) is 12.1 Å². The Kier molecular flexibility index (Phi) is 6.58. The number of Topliss-reactive ketones (excluding diaryl/α,β-unsaturated/α-hetero) is 1. The Balaban J connectivity index is 1.65. The predicted molar refractivity (Wildman–Crippen MR) is 116 cm³/mol. The summed E-state index contributed by atoms with van der Waals surface area (Å²) in [5.74, 6) is -0.851. The molecule has 30 heavy (non-hydrogen) atoms. The van der Waals surface area contributed by atoms with E-state index >= 15 is 0 Å². The molecule has 1 amide bonds. The number of anilines is 1. The molecule has 2 aromatic rings. The Morgan fingerprint density at radius 3 is 1.90 bits per heavy atom. The van der Waals surface area contributed by atoms with Crippen molar-refractivity contribution in [2.24, 2.45) is 0 Å². The number of carbonyl (C=O) groups excluding carboxylic acids is 2. The smallest absolute Gasteiger partial charge is 0.264 e. The van der Waals surface area contributed by atoms with Gasteiger partial charge in [-0.2, -0.15) is 0 Å². The topological polar surface area (TPSA) is 86.8 Å². The van der Waals surface area contributed by atoms with E-state index in [1.165, 1.54) is 31.2 Å². The van der Waals surface area contributed by atoms with Crippen molar-refractivity contribution in [3.63, 3.8) is 0 Å². The van der Waals surface area contributed by atoms with Gasteiger partial charge in [0.1, 0.15) is 0 Å². The van der Waals surface area contributed by atoms with Gasteiger partial charge in [-0.05, 0) is 57.2 Å². The summed E-state index contributed by atoms with van der Waals surface area (Å²) in [6, 6.07) is 13.0. The highest BCUT2D eigenvalue weighted by Gasteiger charge is 2.21. The van der Waals surface area contributed by atoms with Crippen molar-refractivity contribution < 1.29 is 18.0 Å². The molecule has 1 saturated heterocycles. The SMILES string of the molecule is CC(=O)c1ccc(S(=O)(=O)NC(=O)c2ccc(N3CCN(C(C)C)CC3)cc2)cc1. The van der Waals surface area contributed by atoms with Gasteiger partial charge in [0.25, 0.3) is 15.9 Å². The zero-order valence-corrected chi connectivity index (χ0v) is 18.3. The highest BCUT2D eigenvalue weighted by atomic mass is 32.2. The van der Waals surface area contributed by atoms with Crippen LogP contribution < -0.4 is 9.62 Å². The molecule has 1 heterocycles. The number of carbonyl (C=O) groups is 2. The molecule has 0 aromatic heterocycles. The number of ketones is 1. The Labute approximate surface area is 177 Å². The largest absolute Gasteiger partial charge is 0.369 e. The van der Waals surface area contributed by atoms with Crippen molar-refractivity contribution in [3.05, 3.63) is 59.7 Å². The maximum Gasteiger partial charge on any atom is 0.264 e. The normalized spacial score (nSPS) is 15.3. The van der Waals surface area contributed by atoms with Crippen LogP contribution in [0.15, 0.2) is 53.4 Å². The molecule has 160 valence electrons. The number of piperazine rings is 1. The number of nitrogens with one attached hydrogen (secondary N) is 1. The molecule has 0 spiro atoms. The third-order valence-corrected chi connectivity index (χ3v) is 6.68. The number of nitrogens with zero attached hydrogens (tertiary/aromatic N) is 2. The summed E-state index contributed by atoms with van der Waals surface area (Å²) in [6.45, 7) is 9.58. The first-order valence-electron chi connectivity index (χ1n) is 9.94. The van der Waals surface area contributed by atoms with Gasteiger partial charge in [0.2, 0.25) is 0 Å².